The Morgan fingerprint density at radius 3 is 1.71 bits per heavy atom. The molecule has 0 aliphatic carbocycles. The molecule has 18 heteroatoms. The smallest absolute Gasteiger partial charge is 0.408 e. The van der Waals surface area contributed by atoms with Crippen LogP contribution in [0.15, 0.2) is 0 Å². The molecule has 14 nitrogen and oxygen atoms in total. The van der Waals surface area contributed by atoms with Gasteiger partial charge in [-0.1, -0.05) is 34.8 Å². The lowest BCUT2D eigenvalue weighted by molar-refractivity contribution is -0.172. The number of thiol groups is 1. The van der Waals surface area contributed by atoms with Gasteiger partial charge in [0.1, 0.15) is 16.6 Å². The van der Waals surface area contributed by atoms with E-state index in [0.29, 0.717) is 0 Å². The van der Waals surface area contributed by atoms with Crippen LogP contribution in [0.1, 0.15) is 54.9 Å². The molecule has 0 rings (SSSR count). The van der Waals surface area contributed by atoms with Crippen molar-refractivity contribution in [2.24, 2.45) is 17.1 Å². The normalized spacial score (nSPS) is 15.4. The summed E-state index contributed by atoms with van der Waals surface area (Å²) in [7, 11) is 0. The van der Waals surface area contributed by atoms with Crippen molar-refractivity contribution in [3.63, 3.8) is 0 Å². The lowest BCUT2D eigenvalue weighted by Crippen LogP contribution is -2.59. The molecule has 244 valence electrons. The van der Waals surface area contributed by atoms with Crippen molar-refractivity contribution in [2.45, 2.75) is 82.0 Å². The number of hydrogen-bond donors (Lipinski definition) is 7. The van der Waals surface area contributed by atoms with Crippen molar-refractivity contribution in [1.29, 1.82) is 0 Å². The van der Waals surface area contributed by atoms with E-state index >= 15 is 0 Å². The largest absolute Gasteiger partial charge is 0.480 e. The van der Waals surface area contributed by atoms with Gasteiger partial charge < -0.3 is 41.2 Å². The fourth-order valence-electron chi connectivity index (χ4n) is 3.18. The number of Topliss-reactive ketones (excluding diaryl/α,β-unsaturated/α-hetero) is 1. The molecule has 0 saturated carbocycles. The van der Waals surface area contributed by atoms with Crippen LogP contribution in [0, 0.1) is 11.3 Å². The SMILES string of the molecule is CC(=O)NCC(C(Cl)(Cl)Cl)C(CC(=O)OC(C)(C)C)(C(=O)O)C(=O)C(N)CS.CC(C)(C)OC(=O)N[C@@H](CO)C(=O)O. The van der Waals surface area contributed by atoms with E-state index in [1.165, 1.54) is 0 Å². The first-order chi connectivity index (χ1) is 18.7. The minimum Gasteiger partial charge on any atom is -0.480 e. The summed E-state index contributed by atoms with van der Waals surface area (Å²) in [6.45, 7) is 9.65. The number of carboxylic acid groups (broad SMARTS) is 2. The Morgan fingerprint density at radius 1 is 0.929 bits per heavy atom. The summed E-state index contributed by atoms with van der Waals surface area (Å²) in [5.74, 6) is -7.51. The highest BCUT2D eigenvalue weighted by molar-refractivity contribution is 7.80. The zero-order valence-corrected chi connectivity index (χ0v) is 27.5. The maximum absolute atomic E-state index is 13.0. The summed E-state index contributed by atoms with van der Waals surface area (Å²) in [4.78, 5) is 70.6. The highest BCUT2D eigenvalue weighted by Gasteiger charge is 2.61. The van der Waals surface area contributed by atoms with Gasteiger partial charge in [0.05, 0.1) is 19.1 Å². The van der Waals surface area contributed by atoms with Gasteiger partial charge in [0.15, 0.2) is 15.6 Å². The van der Waals surface area contributed by atoms with Crippen molar-refractivity contribution in [1.82, 2.24) is 10.6 Å². The molecule has 0 aliphatic heterocycles. The lowest BCUT2D eigenvalue weighted by atomic mass is 9.68. The zero-order valence-electron chi connectivity index (χ0n) is 24.3. The maximum Gasteiger partial charge on any atom is 0.408 e. The first-order valence-electron chi connectivity index (χ1n) is 12.2. The summed E-state index contributed by atoms with van der Waals surface area (Å²) < 4.78 is 7.62. The number of halogens is 3. The van der Waals surface area contributed by atoms with Gasteiger partial charge in [-0.05, 0) is 41.5 Å². The first kappa shape index (κ1) is 42.1. The summed E-state index contributed by atoms with van der Waals surface area (Å²) in [5.41, 5.74) is 1.50. The number of aliphatic hydroxyl groups excluding tert-OH is 1. The number of rotatable bonds is 12. The number of nitrogens with one attached hydrogen (secondary N) is 2. The molecular formula is C24H40Cl3N3O11S. The van der Waals surface area contributed by atoms with E-state index in [1.54, 1.807) is 41.5 Å². The molecule has 4 atom stereocenters. The quantitative estimate of drug-likeness (QED) is 0.0674. The summed E-state index contributed by atoms with van der Waals surface area (Å²) >= 11 is 21.8. The van der Waals surface area contributed by atoms with E-state index in [1.807, 2.05) is 5.32 Å². The van der Waals surface area contributed by atoms with Crippen LogP contribution in [0.2, 0.25) is 0 Å². The van der Waals surface area contributed by atoms with E-state index < -0.39 is 93.7 Å². The number of hydrogen-bond acceptors (Lipinski definition) is 11. The van der Waals surface area contributed by atoms with Gasteiger partial charge in [0.2, 0.25) is 5.91 Å². The van der Waals surface area contributed by atoms with Crippen LogP contribution in [-0.2, 0) is 33.4 Å². The fourth-order valence-corrected chi connectivity index (χ4v) is 4.14. The standard InChI is InChI=1S/C16H25Cl3N2O6S.C8H15NO5/c1-8(22)21-6-10(16(17,18)19)15(13(25)26,12(24)9(20)7-28)5-11(23)27-14(2,3)4;1-8(2,3)14-7(13)9-5(4-10)6(11)12/h9-10,28H,5-7,20H2,1-4H3,(H,21,22)(H,25,26);5,10H,4H2,1-3H3,(H,9,13)(H,11,12)/t;5-/m.0/s1. The molecule has 0 saturated heterocycles. The number of ether oxygens (including phenoxy) is 2. The molecule has 0 radical (unpaired) electrons. The number of alkyl halides is 3. The number of carbonyl (C=O) groups is 6. The molecule has 0 aromatic rings. The van der Waals surface area contributed by atoms with Crippen molar-refractivity contribution in [3.8, 4) is 0 Å². The topological polar surface area (TPSA) is 232 Å². The second-order valence-electron chi connectivity index (χ2n) is 10.9. The van der Waals surface area contributed by atoms with Crippen LogP contribution in [0.4, 0.5) is 4.79 Å². The summed E-state index contributed by atoms with van der Waals surface area (Å²) in [5, 5.41) is 31.4. The van der Waals surface area contributed by atoms with Crippen LogP contribution >= 0.6 is 47.4 Å². The molecule has 42 heavy (non-hydrogen) atoms. The maximum atomic E-state index is 13.0. The molecular weight excluding hydrogens is 645 g/mol. The lowest BCUT2D eigenvalue weighted by Gasteiger charge is -2.40. The van der Waals surface area contributed by atoms with Gasteiger partial charge >= 0.3 is 24.0 Å². The second kappa shape index (κ2) is 17.3. The minimum absolute atomic E-state index is 0.213. The van der Waals surface area contributed by atoms with Crippen molar-refractivity contribution < 1.29 is 53.6 Å². The monoisotopic (exact) mass is 683 g/mol. The van der Waals surface area contributed by atoms with Crippen LogP contribution in [-0.4, -0.2) is 97.0 Å². The van der Waals surface area contributed by atoms with Crippen molar-refractivity contribution in [2.75, 3.05) is 18.9 Å². The van der Waals surface area contributed by atoms with E-state index in [-0.39, 0.29) is 5.75 Å². The molecule has 2 amide bonds. The average Bonchev–Trinajstić information content (AvgIpc) is 2.77. The Kier molecular flexibility index (Phi) is 17.3. The number of ketones is 1. The first-order valence-corrected chi connectivity index (χ1v) is 14.0. The van der Waals surface area contributed by atoms with Gasteiger partial charge in [0, 0.05) is 25.1 Å². The Bertz CT molecular complexity index is 981. The molecule has 0 heterocycles. The van der Waals surface area contributed by atoms with Crippen molar-refractivity contribution >= 4 is 83.1 Å². The molecule has 0 aliphatic rings. The van der Waals surface area contributed by atoms with Gasteiger partial charge in [-0.2, -0.15) is 12.6 Å². The number of carboxylic acids is 2. The number of alkyl carbamates (subject to hydrolysis) is 1. The van der Waals surface area contributed by atoms with Crippen LogP contribution in [0.3, 0.4) is 0 Å². The number of nitrogens with two attached hydrogens (primary N) is 1. The third-order valence-corrected chi connectivity index (χ3v) is 6.10. The Hall–Kier alpha value is -2.04. The van der Waals surface area contributed by atoms with Gasteiger partial charge in [0.25, 0.3) is 0 Å². The summed E-state index contributed by atoms with van der Waals surface area (Å²) in [6, 6.07) is -2.70. The zero-order chi connectivity index (χ0) is 33.9. The third-order valence-electron chi connectivity index (χ3n) is 4.91. The Balaban J connectivity index is 0. The second-order valence-corrected chi connectivity index (χ2v) is 13.7. The molecule has 7 N–H and O–H groups in total. The highest BCUT2D eigenvalue weighted by atomic mass is 35.6. The molecule has 3 unspecified atom stereocenters. The minimum atomic E-state index is -2.57. The number of aliphatic carboxylic acids is 2. The van der Waals surface area contributed by atoms with Crippen LogP contribution < -0.4 is 16.4 Å². The van der Waals surface area contributed by atoms with Gasteiger partial charge in [-0.25, -0.2) is 9.59 Å². The van der Waals surface area contributed by atoms with Gasteiger partial charge in [-0.3, -0.25) is 19.2 Å². The molecule has 0 fully saturated rings. The molecule has 0 bridgehead atoms. The predicted octanol–water partition coefficient (Wildman–Crippen LogP) is 1.69. The highest BCUT2D eigenvalue weighted by Crippen LogP contribution is 2.48. The van der Waals surface area contributed by atoms with E-state index in [9.17, 15) is 33.9 Å². The molecule has 0 aromatic carbocycles. The van der Waals surface area contributed by atoms with Crippen LogP contribution in [0.5, 0.6) is 0 Å². The van der Waals surface area contributed by atoms with Crippen molar-refractivity contribution in [3.05, 3.63) is 0 Å². The molecule has 0 aromatic heterocycles. The Morgan fingerprint density at radius 2 is 1.40 bits per heavy atom. The number of esters is 1. The van der Waals surface area contributed by atoms with Gasteiger partial charge in [-0.15, -0.1) is 0 Å². The third kappa shape index (κ3) is 15.4. The molecule has 0 spiro atoms. The van der Waals surface area contributed by atoms with Crippen LogP contribution in [0.25, 0.3) is 0 Å². The number of carbonyl (C=O) groups excluding carboxylic acids is 4. The number of amides is 2. The fraction of sp³-hybridized carbons (Fsp3) is 0.750. The Labute approximate surface area is 264 Å². The predicted molar refractivity (Wildman–Crippen MR) is 158 cm³/mol. The number of aliphatic hydroxyl groups is 1. The summed E-state index contributed by atoms with van der Waals surface area (Å²) in [6.07, 6.45) is -1.81. The van der Waals surface area contributed by atoms with E-state index in [4.69, 9.17) is 60.2 Å². The van der Waals surface area contributed by atoms with E-state index in [2.05, 4.69) is 17.9 Å². The average molecular weight is 685 g/mol. The van der Waals surface area contributed by atoms with E-state index in [0.717, 1.165) is 6.92 Å².